The molecule has 94 valence electrons. The van der Waals surface area contributed by atoms with Crippen molar-refractivity contribution in [1.82, 2.24) is 5.32 Å². The second kappa shape index (κ2) is 5.54. The van der Waals surface area contributed by atoms with Gasteiger partial charge in [-0.1, -0.05) is 35.0 Å². The highest BCUT2D eigenvalue weighted by molar-refractivity contribution is 9.10. The Labute approximate surface area is 110 Å². The second-order valence-corrected chi connectivity index (χ2v) is 5.89. The minimum absolute atomic E-state index is 0.310. The topological polar surface area (TPSA) is 49.3 Å². The van der Waals surface area contributed by atoms with E-state index in [0.717, 1.165) is 10.9 Å². The molecule has 0 heterocycles. The Kier molecular flexibility index (Phi) is 4.57. The minimum Gasteiger partial charge on any atom is -0.465 e. The molecule has 0 bridgehead atoms. The largest absolute Gasteiger partial charge is 0.465 e. The summed E-state index contributed by atoms with van der Waals surface area (Å²) >= 11 is 3.40. The van der Waals surface area contributed by atoms with Gasteiger partial charge in [0.25, 0.3) is 0 Å². The van der Waals surface area contributed by atoms with Crippen molar-refractivity contribution in [2.24, 2.45) is 0 Å². The zero-order valence-corrected chi connectivity index (χ0v) is 11.9. The van der Waals surface area contributed by atoms with Crippen molar-refractivity contribution in [3.05, 3.63) is 34.3 Å². The predicted octanol–water partition coefficient (Wildman–Crippen LogP) is 3.99. The quantitative estimate of drug-likeness (QED) is 0.883. The van der Waals surface area contributed by atoms with Crippen molar-refractivity contribution in [3.63, 3.8) is 0 Å². The summed E-state index contributed by atoms with van der Waals surface area (Å²) in [5, 5.41) is 11.3. The molecule has 4 heteroatoms. The molecular formula is C13H18BrNO2. The number of amides is 1. The standard InChI is InChI=1S/C13H18BrNO2/c1-9(8-13(2,3)15-12(16)17)10-4-6-11(14)7-5-10/h4-7,9,15H,8H2,1-3H3,(H,16,17)/t9-/m0/s1. The smallest absolute Gasteiger partial charge is 0.405 e. The average Bonchev–Trinajstić information content (AvgIpc) is 2.15. The summed E-state index contributed by atoms with van der Waals surface area (Å²) < 4.78 is 1.05. The molecule has 0 fully saturated rings. The Hall–Kier alpha value is -1.03. The number of hydrogen-bond donors (Lipinski definition) is 2. The summed E-state index contributed by atoms with van der Waals surface area (Å²) in [6, 6.07) is 8.13. The van der Waals surface area contributed by atoms with Crippen LogP contribution in [0, 0.1) is 0 Å². The Morgan fingerprint density at radius 1 is 1.41 bits per heavy atom. The third-order valence-corrected chi connectivity index (χ3v) is 3.23. The number of carbonyl (C=O) groups is 1. The summed E-state index contributed by atoms with van der Waals surface area (Å²) in [4.78, 5) is 10.7. The van der Waals surface area contributed by atoms with Crippen LogP contribution in [-0.4, -0.2) is 16.7 Å². The van der Waals surface area contributed by atoms with E-state index in [9.17, 15) is 4.79 Å². The zero-order valence-electron chi connectivity index (χ0n) is 10.3. The van der Waals surface area contributed by atoms with Gasteiger partial charge in [-0.3, -0.25) is 0 Å². The Morgan fingerprint density at radius 2 is 1.94 bits per heavy atom. The lowest BCUT2D eigenvalue weighted by Gasteiger charge is -2.28. The highest BCUT2D eigenvalue weighted by Crippen LogP contribution is 2.26. The first-order valence-electron chi connectivity index (χ1n) is 5.57. The molecular weight excluding hydrogens is 282 g/mol. The Morgan fingerprint density at radius 3 is 2.41 bits per heavy atom. The van der Waals surface area contributed by atoms with Crippen molar-refractivity contribution < 1.29 is 9.90 Å². The van der Waals surface area contributed by atoms with E-state index in [0.29, 0.717) is 5.92 Å². The second-order valence-electron chi connectivity index (χ2n) is 4.97. The average molecular weight is 300 g/mol. The van der Waals surface area contributed by atoms with Gasteiger partial charge in [0.15, 0.2) is 0 Å². The van der Waals surface area contributed by atoms with Gasteiger partial charge in [0, 0.05) is 10.0 Å². The van der Waals surface area contributed by atoms with E-state index in [2.05, 4.69) is 40.3 Å². The van der Waals surface area contributed by atoms with Crippen LogP contribution in [0.1, 0.15) is 38.7 Å². The van der Waals surface area contributed by atoms with Crippen LogP contribution >= 0.6 is 15.9 Å². The van der Waals surface area contributed by atoms with E-state index in [-0.39, 0.29) is 0 Å². The van der Waals surface area contributed by atoms with Gasteiger partial charge in [0.2, 0.25) is 0 Å². The molecule has 1 aromatic carbocycles. The number of carboxylic acid groups (broad SMARTS) is 1. The van der Waals surface area contributed by atoms with Crippen LogP contribution in [0.5, 0.6) is 0 Å². The van der Waals surface area contributed by atoms with E-state index < -0.39 is 11.6 Å². The van der Waals surface area contributed by atoms with Crippen LogP contribution in [0.25, 0.3) is 0 Å². The van der Waals surface area contributed by atoms with Crippen molar-refractivity contribution in [3.8, 4) is 0 Å². The lowest BCUT2D eigenvalue weighted by molar-refractivity contribution is 0.179. The van der Waals surface area contributed by atoms with E-state index in [1.54, 1.807) is 0 Å². The van der Waals surface area contributed by atoms with Crippen LogP contribution in [-0.2, 0) is 0 Å². The lowest BCUT2D eigenvalue weighted by atomic mass is 9.87. The molecule has 0 radical (unpaired) electrons. The molecule has 0 unspecified atom stereocenters. The molecule has 0 aliphatic heterocycles. The summed E-state index contributed by atoms with van der Waals surface area (Å²) in [5.41, 5.74) is 0.798. The highest BCUT2D eigenvalue weighted by atomic mass is 79.9. The van der Waals surface area contributed by atoms with Gasteiger partial charge in [-0.25, -0.2) is 4.79 Å². The molecule has 1 rings (SSSR count). The molecule has 0 aliphatic rings. The van der Waals surface area contributed by atoms with E-state index in [4.69, 9.17) is 5.11 Å². The van der Waals surface area contributed by atoms with Crippen LogP contribution in [0.3, 0.4) is 0 Å². The van der Waals surface area contributed by atoms with Crippen LogP contribution in [0.2, 0.25) is 0 Å². The summed E-state index contributed by atoms with van der Waals surface area (Å²) in [7, 11) is 0. The van der Waals surface area contributed by atoms with Crippen molar-refractivity contribution in [1.29, 1.82) is 0 Å². The molecule has 3 nitrogen and oxygen atoms in total. The first-order valence-corrected chi connectivity index (χ1v) is 6.36. The van der Waals surface area contributed by atoms with E-state index in [1.165, 1.54) is 5.56 Å². The Balaban J connectivity index is 2.68. The molecule has 2 N–H and O–H groups in total. The molecule has 1 aromatic rings. The molecule has 17 heavy (non-hydrogen) atoms. The first kappa shape index (κ1) is 14.0. The molecule has 0 aromatic heterocycles. The number of nitrogens with one attached hydrogen (secondary N) is 1. The summed E-state index contributed by atoms with van der Waals surface area (Å²) in [5.74, 6) is 0.310. The third kappa shape index (κ3) is 4.77. The van der Waals surface area contributed by atoms with E-state index >= 15 is 0 Å². The number of benzene rings is 1. The maximum Gasteiger partial charge on any atom is 0.405 e. The fourth-order valence-corrected chi connectivity index (χ4v) is 2.28. The van der Waals surface area contributed by atoms with Crippen molar-refractivity contribution >= 4 is 22.0 Å². The molecule has 0 spiro atoms. The van der Waals surface area contributed by atoms with Crippen LogP contribution < -0.4 is 5.32 Å². The van der Waals surface area contributed by atoms with Crippen molar-refractivity contribution in [2.75, 3.05) is 0 Å². The minimum atomic E-state index is -0.974. The first-order chi connectivity index (χ1) is 7.80. The van der Waals surface area contributed by atoms with Gasteiger partial charge >= 0.3 is 6.09 Å². The number of hydrogen-bond acceptors (Lipinski definition) is 1. The van der Waals surface area contributed by atoms with Crippen LogP contribution in [0.15, 0.2) is 28.7 Å². The zero-order chi connectivity index (χ0) is 13.1. The Bertz CT molecular complexity index is 387. The fourth-order valence-electron chi connectivity index (χ4n) is 2.02. The third-order valence-electron chi connectivity index (χ3n) is 2.70. The molecule has 0 aliphatic carbocycles. The number of halogens is 1. The van der Waals surface area contributed by atoms with Gasteiger partial charge in [-0.2, -0.15) is 0 Å². The summed E-state index contributed by atoms with van der Waals surface area (Å²) in [6.45, 7) is 5.90. The van der Waals surface area contributed by atoms with E-state index in [1.807, 2.05) is 26.0 Å². The molecule has 1 amide bonds. The van der Waals surface area contributed by atoms with Gasteiger partial charge in [0.05, 0.1) is 0 Å². The van der Waals surface area contributed by atoms with Gasteiger partial charge < -0.3 is 10.4 Å². The lowest BCUT2D eigenvalue weighted by Crippen LogP contribution is -2.43. The molecule has 1 atom stereocenters. The maximum absolute atomic E-state index is 10.7. The fraction of sp³-hybridized carbons (Fsp3) is 0.462. The normalized spacial score (nSPS) is 13.2. The van der Waals surface area contributed by atoms with Gasteiger partial charge in [-0.15, -0.1) is 0 Å². The van der Waals surface area contributed by atoms with Crippen molar-refractivity contribution in [2.45, 2.75) is 38.6 Å². The monoisotopic (exact) mass is 299 g/mol. The summed E-state index contributed by atoms with van der Waals surface area (Å²) in [6.07, 6.45) is -0.209. The molecule has 0 saturated heterocycles. The maximum atomic E-state index is 10.7. The highest BCUT2D eigenvalue weighted by Gasteiger charge is 2.23. The molecule has 0 saturated carbocycles. The number of rotatable bonds is 4. The van der Waals surface area contributed by atoms with Gasteiger partial charge in [0.1, 0.15) is 0 Å². The predicted molar refractivity (Wildman–Crippen MR) is 72.4 cm³/mol. The van der Waals surface area contributed by atoms with Gasteiger partial charge in [-0.05, 0) is 43.9 Å². The van der Waals surface area contributed by atoms with Crippen LogP contribution in [0.4, 0.5) is 4.79 Å². The SMILES string of the molecule is C[C@@H](CC(C)(C)NC(=O)O)c1ccc(Br)cc1.